The van der Waals surface area contributed by atoms with E-state index in [-0.39, 0.29) is 0 Å². The predicted octanol–water partition coefficient (Wildman–Crippen LogP) is 2.24. The van der Waals surface area contributed by atoms with Gasteiger partial charge >= 0.3 is 0 Å². The van der Waals surface area contributed by atoms with Crippen molar-refractivity contribution in [3.63, 3.8) is 0 Å². The zero-order chi connectivity index (χ0) is 9.42. The Bertz CT molecular complexity index is 498. The SMILES string of the molecule is COc1cccc2[nH]c(=S)n(C)c12. The van der Waals surface area contributed by atoms with Crippen molar-refractivity contribution in [2.75, 3.05) is 7.11 Å². The number of aryl methyl sites for hydroxylation is 1. The van der Waals surface area contributed by atoms with Crippen molar-refractivity contribution in [2.24, 2.45) is 7.05 Å². The molecule has 4 heteroatoms. The van der Waals surface area contributed by atoms with Gasteiger partial charge in [-0.25, -0.2) is 0 Å². The number of aromatic nitrogens is 2. The lowest BCUT2D eigenvalue weighted by molar-refractivity contribution is 0.418. The third-order valence-electron chi connectivity index (χ3n) is 2.10. The number of rotatable bonds is 1. The number of benzene rings is 1. The Kier molecular flexibility index (Phi) is 1.84. The number of hydrogen-bond donors (Lipinski definition) is 1. The van der Waals surface area contributed by atoms with Gasteiger partial charge in [-0.05, 0) is 24.4 Å². The molecule has 1 aromatic heterocycles. The van der Waals surface area contributed by atoms with Crippen LogP contribution in [0.2, 0.25) is 0 Å². The molecule has 0 aliphatic carbocycles. The van der Waals surface area contributed by atoms with Crippen molar-refractivity contribution < 1.29 is 4.74 Å². The highest BCUT2D eigenvalue weighted by Crippen LogP contribution is 2.23. The van der Waals surface area contributed by atoms with E-state index in [1.807, 2.05) is 29.8 Å². The number of ether oxygens (including phenoxy) is 1. The lowest BCUT2D eigenvalue weighted by atomic mass is 10.3. The van der Waals surface area contributed by atoms with Gasteiger partial charge in [0.2, 0.25) is 0 Å². The van der Waals surface area contributed by atoms with Gasteiger partial charge in [0.05, 0.1) is 12.6 Å². The molecule has 0 radical (unpaired) electrons. The van der Waals surface area contributed by atoms with Crippen molar-refractivity contribution in [3.05, 3.63) is 23.0 Å². The van der Waals surface area contributed by atoms with Crippen LogP contribution in [0.3, 0.4) is 0 Å². The summed E-state index contributed by atoms with van der Waals surface area (Å²) in [5.74, 6) is 0.840. The smallest absolute Gasteiger partial charge is 0.177 e. The molecule has 2 aromatic rings. The Morgan fingerprint density at radius 1 is 1.46 bits per heavy atom. The minimum absolute atomic E-state index is 0.708. The first kappa shape index (κ1) is 8.31. The molecule has 2 rings (SSSR count). The molecular formula is C9H10N2OS. The highest BCUT2D eigenvalue weighted by Gasteiger charge is 2.05. The maximum absolute atomic E-state index is 5.23. The maximum atomic E-state index is 5.23. The Balaban J connectivity index is 2.95. The number of aromatic amines is 1. The Labute approximate surface area is 81.0 Å². The minimum Gasteiger partial charge on any atom is -0.494 e. The predicted molar refractivity (Wildman–Crippen MR) is 54.7 cm³/mol. The second-order valence-electron chi connectivity index (χ2n) is 2.85. The van der Waals surface area contributed by atoms with Gasteiger partial charge in [0.1, 0.15) is 11.3 Å². The molecule has 1 heterocycles. The number of nitrogens with one attached hydrogen (secondary N) is 1. The third kappa shape index (κ3) is 1.14. The van der Waals surface area contributed by atoms with Gasteiger partial charge in [-0.1, -0.05) is 6.07 Å². The van der Waals surface area contributed by atoms with Crippen molar-refractivity contribution >= 4 is 23.3 Å². The molecule has 0 fully saturated rings. The summed E-state index contributed by atoms with van der Waals surface area (Å²) in [6, 6.07) is 5.84. The van der Waals surface area contributed by atoms with E-state index in [0.29, 0.717) is 4.77 Å². The van der Waals surface area contributed by atoms with Gasteiger partial charge in [-0.2, -0.15) is 0 Å². The number of para-hydroxylation sites is 1. The first-order valence-electron chi connectivity index (χ1n) is 3.95. The number of H-pyrrole nitrogens is 1. The number of fused-ring (bicyclic) bond motifs is 1. The fraction of sp³-hybridized carbons (Fsp3) is 0.222. The highest BCUT2D eigenvalue weighted by molar-refractivity contribution is 7.71. The first-order valence-corrected chi connectivity index (χ1v) is 4.36. The van der Waals surface area contributed by atoms with Crippen LogP contribution in [0.5, 0.6) is 5.75 Å². The average Bonchev–Trinajstić information content (AvgIpc) is 2.43. The zero-order valence-electron chi connectivity index (χ0n) is 7.50. The maximum Gasteiger partial charge on any atom is 0.177 e. The molecule has 0 saturated heterocycles. The second kappa shape index (κ2) is 2.88. The largest absolute Gasteiger partial charge is 0.494 e. The summed E-state index contributed by atoms with van der Waals surface area (Å²) >= 11 is 5.11. The van der Waals surface area contributed by atoms with E-state index in [0.717, 1.165) is 16.8 Å². The molecule has 3 nitrogen and oxygen atoms in total. The Morgan fingerprint density at radius 3 is 2.92 bits per heavy atom. The van der Waals surface area contributed by atoms with Crippen LogP contribution in [0, 0.1) is 4.77 Å². The van der Waals surface area contributed by atoms with E-state index in [1.54, 1.807) is 7.11 Å². The number of nitrogens with zero attached hydrogens (tertiary/aromatic N) is 1. The normalized spacial score (nSPS) is 10.6. The van der Waals surface area contributed by atoms with Crippen LogP contribution in [0.15, 0.2) is 18.2 Å². The number of imidazole rings is 1. The standard InChI is InChI=1S/C9H10N2OS/c1-11-8-6(10-9(11)13)4-3-5-7(8)12-2/h3-5H,1-2H3,(H,10,13). The van der Waals surface area contributed by atoms with Crippen LogP contribution in [0.4, 0.5) is 0 Å². The zero-order valence-corrected chi connectivity index (χ0v) is 8.31. The summed E-state index contributed by atoms with van der Waals surface area (Å²) in [7, 11) is 3.58. The second-order valence-corrected chi connectivity index (χ2v) is 3.23. The van der Waals surface area contributed by atoms with Gasteiger partial charge < -0.3 is 14.3 Å². The average molecular weight is 194 g/mol. The van der Waals surface area contributed by atoms with Gasteiger partial charge in [0, 0.05) is 7.05 Å². The van der Waals surface area contributed by atoms with Crippen LogP contribution < -0.4 is 4.74 Å². The van der Waals surface area contributed by atoms with Crippen LogP contribution in [0.1, 0.15) is 0 Å². The molecular weight excluding hydrogens is 184 g/mol. The van der Waals surface area contributed by atoms with Crippen LogP contribution in [-0.4, -0.2) is 16.7 Å². The first-order chi connectivity index (χ1) is 6.24. The monoisotopic (exact) mass is 194 g/mol. The molecule has 0 aliphatic rings. The number of hydrogen-bond acceptors (Lipinski definition) is 2. The fourth-order valence-electron chi connectivity index (χ4n) is 1.43. The number of methoxy groups -OCH3 is 1. The fourth-order valence-corrected chi connectivity index (χ4v) is 1.64. The summed E-state index contributed by atoms with van der Waals surface area (Å²) in [6.45, 7) is 0. The van der Waals surface area contributed by atoms with Gasteiger partial charge in [0.15, 0.2) is 4.77 Å². The quantitative estimate of drug-likeness (QED) is 0.706. The van der Waals surface area contributed by atoms with Crippen molar-refractivity contribution in [3.8, 4) is 5.75 Å². The van der Waals surface area contributed by atoms with Crippen molar-refractivity contribution in [1.29, 1.82) is 0 Å². The van der Waals surface area contributed by atoms with E-state index in [1.165, 1.54) is 0 Å². The third-order valence-corrected chi connectivity index (χ3v) is 2.48. The Hall–Kier alpha value is -1.29. The Morgan fingerprint density at radius 2 is 2.23 bits per heavy atom. The summed E-state index contributed by atoms with van der Waals surface area (Å²) in [4.78, 5) is 3.10. The topological polar surface area (TPSA) is 29.9 Å². The summed E-state index contributed by atoms with van der Waals surface area (Å²) in [5, 5.41) is 0. The molecule has 0 amide bonds. The highest BCUT2D eigenvalue weighted by atomic mass is 32.1. The molecule has 68 valence electrons. The molecule has 0 atom stereocenters. The van der Waals surface area contributed by atoms with E-state index >= 15 is 0 Å². The molecule has 1 aromatic carbocycles. The van der Waals surface area contributed by atoms with Crippen molar-refractivity contribution in [1.82, 2.24) is 9.55 Å². The van der Waals surface area contributed by atoms with Gasteiger partial charge in [-0.15, -0.1) is 0 Å². The van der Waals surface area contributed by atoms with Gasteiger partial charge in [-0.3, -0.25) is 0 Å². The molecule has 0 bridgehead atoms. The molecule has 1 N–H and O–H groups in total. The van der Waals surface area contributed by atoms with E-state index < -0.39 is 0 Å². The minimum atomic E-state index is 0.708. The molecule has 0 spiro atoms. The summed E-state index contributed by atoms with van der Waals surface area (Å²) in [5.41, 5.74) is 2.02. The molecule has 0 unspecified atom stereocenters. The van der Waals surface area contributed by atoms with Crippen LogP contribution in [0.25, 0.3) is 11.0 Å². The van der Waals surface area contributed by atoms with Gasteiger partial charge in [0.25, 0.3) is 0 Å². The van der Waals surface area contributed by atoms with Crippen LogP contribution >= 0.6 is 12.2 Å². The van der Waals surface area contributed by atoms with E-state index in [9.17, 15) is 0 Å². The molecule has 0 aliphatic heterocycles. The summed E-state index contributed by atoms with van der Waals surface area (Å²) in [6.07, 6.45) is 0. The molecule has 13 heavy (non-hydrogen) atoms. The summed E-state index contributed by atoms with van der Waals surface area (Å²) < 4.78 is 7.85. The van der Waals surface area contributed by atoms with E-state index in [4.69, 9.17) is 17.0 Å². The van der Waals surface area contributed by atoms with Crippen LogP contribution in [-0.2, 0) is 7.05 Å². The van der Waals surface area contributed by atoms with Crippen molar-refractivity contribution in [2.45, 2.75) is 0 Å². The van der Waals surface area contributed by atoms with E-state index in [2.05, 4.69) is 4.98 Å². The molecule has 0 saturated carbocycles. The lowest BCUT2D eigenvalue weighted by Crippen LogP contribution is -1.90. The lowest BCUT2D eigenvalue weighted by Gasteiger charge is -2.02.